The second kappa shape index (κ2) is 8.97. The maximum Gasteiger partial charge on any atom is 0.293 e. The number of benzene rings is 2. The highest BCUT2D eigenvalue weighted by atomic mass is 127. The van der Waals surface area contributed by atoms with Crippen LogP contribution in [0.15, 0.2) is 68.4 Å². The minimum absolute atomic E-state index is 0.0378. The smallest absolute Gasteiger partial charge is 0.293 e. The van der Waals surface area contributed by atoms with Crippen molar-refractivity contribution >= 4 is 73.2 Å². The van der Waals surface area contributed by atoms with E-state index >= 15 is 0 Å². The van der Waals surface area contributed by atoms with Crippen molar-refractivity contribution in [3.63, 3.8) is 0 Å². The maximum absolute atomic E-state index is 12.7. The molecule has 1 fully saturated rings. The first-order chi connectivity index (χ1) is 14.8. The van der Waals surface area contributed by atoms with E-state index in [1.54, 1.807) is 18.2 Å². The van der Waals surface area contributed by atoms with Crippen molar-refractivity contribution < 1.29 is 18.9 Å². The van der Waals surface area contributed by atoms with Crippen molar-refractivity contribution in [3.8, 4) is 11.3 Å². The normalized spacial score (nSPS) is 15.2. The molecule has 0 unspecified atom stereocenters. The lowest BCUT2D eigenvalue weighted by Crippen LogP contribution is -2.27. The third-order valence-corrected chi connectivity index (χ3v) is 6.74. The summed E-state index contributed by atoms with van der Waals surface area (Å²) in [5.41, 5.74) is 1.47. The fraction of sp³-hybridized carbons (Fsp3) is 0.0476. The van der Waals surface area contributed by atoms with Crippen LogP contribution in [0.4, 0.5) is 10.5 Å². The molecule has 1 saturated heterocycles. The minimum Gasteiger partial charge on any atom is -0.457 e. The van der Waals surface area contributed by atoms with E-state index in [4.69, 9.17) is 4.42 Å². The van der Waals surface area contributed by atoms with Gasteiger partial charge in [0.2, 0.25) is 0 Å². The molecule has 0 spiro atoms. The van der Waals surface area contributed by atoms with Crippen molar-refractivity contribution in [1.29, 1.82) is 0 Å². The number of nitrogens with zero attached hydrogens (tertiary/aromatic N) is 2. The van der Waals surface area contributed by atoms with Crippen LogP contribution in [0, 0.1) is 13.7 Å². The van der Waals surface area contributed by atoms with Gasteiger partial charge in [-0.25, -0.2) is 0 Å². The average molecular weight is 611 g/mol. The topological polar surface area (TPSA) is 93.7 Å². The largest absolute Gasteiger partial charge is 0.457 e. The van der Waals surface area contributed by atoms with Crippen LogP contribution in [-0.4, -0.2) is 21.0 Å². The zero-order valence-corrected chi connectivity index (χ0v) is 20.1. The number of amides is 2. The van der Waals surface area contributed by atoms with Crippen LogP contribution in [0.1, 0.15) is 11.3 Å². The van der Waals surface area contributed by atoms with Gasteiger partial charge in [0.05, 0.1) is 16.4 Å². The van der Waals surface area contributed by atoms with Gasteiger partial charge >= 0.3 is 0 Å². The summed E-state index contributed by atoms with van der Waals surface area (Å²) in [6, 6.07) is 15.4. The Kier molecular flexibility index (Phi) is 6.30. The van der Waals surface area contributed by atoms with Crippen LogP contribution < -0.4 is 0 Å². The van der Waals surface area contributed by atoms with Gasteiger partial charge in [0.15, 0.2) is 0 Å². The molecule has 2 heterocycles. The molecule has 31 heavy (non-hydrogen) atoms. The zero-order chi connectivity index (χ0) is 22.1. The van der Waals surface area contributed by atoms with Crippen molar-refractivity contribution in [1.82, 2.24) is 4.90 Å². The third-order valence-electron chi connectivity index (χ3n) is 4.46. The Balaban J connectivity index is 1.54. The van der Waals surface area contributed by atoms with Crippen LogP contribution in [0.2, 0.25) is 0 Å². The van der Waals surface area contributed by atoms with Crippen LogP contribution >= 0.6 is 50.3 Å². The molecule has 3 aromatic rings. The molecule has 156 valence electrons. The number of halogens is 2. The van der Waals surface area contributed by atoms with Gasteiger partial charge in [-0.05, 0) is 86.2 Å². The Labute approximate surface area is 202 Å². The monoisotopic (exact) mass is 610 g/mol. The van der Waals surface area contributed by atoms with Gasteiger partial charge in [-0.1, -0.05) is 12.1 Å². The van der Waals surface area contributed by atoms with E-state index in [0.717, 1.165) is 20.9 Å². The molecule has 0 saturated carbocycles. The Morgan fingerprint density at radius 3 is 2.55 bits per heavy atom. The van der Waals surface area contributed by atoms with Gasteiger partial charge in [-0.15, -0.1) is 0 Å². The molecular formula is C21H12BrIN2O5S. The SMILES string of the molecule is O=C1S/C(=C/c2ccc(-c3ccc([N+](=O)[O-])cc3Br)o2)C(=O)N1Cc1ccc(I)cc1. The molecule has 2 aromatic carbocycles. The van der Waals surface area contributed by atoms with Crippen molar-refractivity contribution in [2.75, 3.05) is 0 Å². The number of furan rings is 1. The molecule has 10 heteroatoms. The predicted molar refractivity (Wildman–Crippen MR) is 129 cm³/mol. The first kappa shape index (κ1) is 21.8. The highest BCUT2D eigenvalue weighted by molar-refractivity contribution is 14.1. The predicted octanol–water partition coefficient (Wildman–Crippen LogP) is 6.46. The fourth-order valence-corrected chi connectivity index (χ4v) is 4.67. The van der Waals surface area contributed by atoms with E-state index in [9.17, 15) is 19.7 Å². The van der Waals surface area contributed by atoms with Crippen LogP contribution in [0.5, 0.6) is 0 Å². The van der Waals surface area contributed by atoms with Crippen LogP contribution in [0.25, 0.3) is 17.4 Å². The number of nitro benzene ring substituents is 1. The molecule has 1 aliphatic rings. The summed E-state index contributed by atoms with van der Waals surface area (Å²) in [6.45, 7) is 0.206. The molecule has 7 nitrogen and oxygen atoms in total. The lowest BCUT2D eigenvalue weighted by atomic mass is 10.1. The van der Waals surface area contributed by atoms with Crippen molar-refractivity contribution in [2.45, 2.75) is 6.54 Å². The summed E-state index contributed by atoms with van der Waals surface area (Å²) in [4.78, 5) is 37.0. The molecule has 0 N–H and O–H groups in total. The molecule has 1 aliphatic heterocycles. The van der Waals surface area contributed by atoms with Gasteiger partial charge in [0, 0.05) is 31.8 Å². The first-order valence-corrected chi connectivity index (χ1v) is 11.5. The second-order valence-corrected chi connectivity index (χ2v) is 9.61. The van der Waals surface area contributed by atoms with Gasteiger partial charge < -0.3 is 4.42 Å². The van der Waals surface area contributed by atoms with Crippen molar-refractivity contribution in [2.24, 2.45) is 0 Å². The van der Waals surface area contributed by atoms with E-state index in [1.165, 1.54) is 23.1 Å². The maximum atomic E-state index is 12.7. The summed E-state index contributed by atoms with van der Waals surface area (Å²) in [6.07, 6.45) is 1.53. The summed E-state index contributed by atoms with van der Waals surface area (Å²) in [5.74, 6) is 0.508. The molecular weight excluding hydrogens is 599 g/mol. The Bertz CT molecular complexity index is 1240. The Hall–Kier alpha value is -2.44. The Morgan fingerprint density at radius 2 is 1.87 bits per heavy atom. The summed E-state index contributed by atoms with van der Waals surface area (Å²) in [5, 5.41) is 10.6. The average Bonchev–Trinajstić information content (AvgIpc) is 3.29. The standard InChI is InChI=1S/C21H12BrIN2O5S/c22-17-9-14(25(28)29)5-7-16(17)18-8-6-15(30-18)10-19-20(26)24(21(27)31-19)11-12-1-3-13(23)4-2-12/h1-10H,11H2/b19-10+. The summed E-state index contributed by atoms with van der Waals surface area (Å²) >= 11 is 6.38. The van der Waals surface area contributed by atoms with Gasteiger partial charge in [-0.3, -0.25) is 24.6 Å². The van der Waals surface area contributed by atoms with Crippen LogP contribution in [-0.2, 0) is 11.3 Å². The second-order valence-electron chi connectivity index (χ2n) is 6.52. The van der Waals surface area contributed by atoms with Gasteiger partial charge in [0.25, 0.3) is 16.8 Å². The summed E-state index contributed by atoms with van der Waals surface area (Å²) < 4.78 is 7.38. The molecule has 2 amide bonds. The molecule has 0 radical (unpaired) electrons. The fourth-order valence-electron chi connectivity index (χ4n) is 2.93. The molecule has 0 bridgehead atoms. The number of hydrogen-bond donors (Lipinski definition) is 0. The van der Waals surface area contributed by atoms with Gasteiger partial charge in [0.1, 0.15) is 11.5 Å². The Morgan fingerprint density at radius 1 is 1.13 bits per heavy atom. The first-order valence-electron chi connectivity index (χ1n) is 8.86. The number of hydrogen-bond acceptors (Lipinski definition) is 6. The number of carbonyl (C=O) groups excluding carboxylic acids is 2. The van der Waals surface area contributed by atoms with E-state index < -0.39 is 4.92 Å². The number of non-ortho nitro benzene ring substituents is 1. The van der Waals surface area contributed by atoms with Crippen molar-refractivity contribution in [3.05, 3.63) is 89.0 Å². The van der Waals surface area contributed by atoms with E-state index in [-0.39, 0.29) is 28.3 Å². The van der Waals surface area contributed by atoms with Gasteiger partial charge in [-0.2, -0.15) is 0 Å². The number of carbonyl (C=O) groups is 2. The number of rotatable bonds is 5. The molecule has 4 rings (SSSR count). The number of imide groups is 1. The van der Waals surface area contributed by atoms with Crippen LogP contribution in [0.3, 0.4) is 0 Å². The lowest BCUT2D eigenvalue weighted by molar-refractivity contribution is -0.384. The molecule has 0 atom stereocenters. The minimum atomic E-state index is -0.478. The molecule has 1 aromatic heterocycles. The highest BCUT2D eigenvalue weighted by Crippen LogP contribution is 2.36. The summed E-state index contributed by atoms with van der Waals surface area (Å²) in [7, 11) is 0. The van der Waals surface area contributed by atoms with E-state index in [2.05, 4.69) is 38.5 Å². The molecule has 0 aliphatic carbocycles. The number of thioether (sulfide) groups is 1. The highest BCUT2D eigenvalue weighted by Gasteiger charge is 2.35. The lowest BCUT2D eigenvalue weighted by Gasteiger charge is -2.12. The quantitative estimate of drug-likeness (QED) is 0.142. The van der Waals surface area contributed by atoms with E-state index in [0.29, 0.717) is 21.6 Å². The third kappa shape index (κ3) is 4.75. The number of nitro groups is 1. The zero-order valence-electron chi connectivity index (χ0n) is 15.6. The van der Waals surface area contributed by atoms with E-state index in [1.807, 2.05) is 24.3 Å².